The minimum absolute atomic E-state index is 0.260. The number of hydrogen-bond donors (Lipinski definition) is 2. The highest BCUT2D eigenvalue weighted by Gasteiger charge is 2.14. The molecule has 1 aliphatic rings. The smallest absolute Gasteiger partial charge is 0.189 e. The highest BCUT2D eigenvalue weighted by molar-refractivity contribution is 5.78. The number of nitrogens with one attached hydrogen (secondary N) is 1. The fraction of sp³-hybridized carbons (Fsp3) is 0.875. The van der Waals surface area contributed by atoms with Gasteiger partial charge in [0.25, 0.3) is 0 Å². The fourth-order valence-electron chi connectivity index (χ4n) is 1.15. The number of guanidine groups is 1. The quantitative estimate of drug-likeness (QED) is 0.457. The minimum Gasteiger partial charge on any atom is -0.379 e. The van der Waals surface area contributed by atoms with Crippen LogP contribution in [0.5, 0.6) is 0 Å². The van der Waals surface area contributed by atoms with E-state index in [-0.39, 0.29) is 6.04 Å². The van der Waals surface area contributed by atoms with Crippen LogP contribution in [0.1, 0.15) is 20.3 Å². The Morgan fingerprint density at radius 1 is 1.67 bits per heavy atom. The maximum Gasteiger partial charge on any atom is 0.189 e. The van der Waals surface area contributed by atoms with Crippen molar-refractivity contribution in [2.75, 3.05) is 13.2 Å². The van der Waals surface area contributed by atoms with Gasteiger partial charge in [-0.15, -0.1) is 0 Å². The zero-order valence-electron chi connectivity index (χ0n) is 7.71. The van der Waals surface area contributed by atoms with Crippen LogP contribution in [0.25, 0.3) is 0 Å². The molecule has 0 bridgehead atoms. The minimum atomic E-state index is 0.260. The van der Waals surface area contributed by atoms with E-state index in [0.29, 0.717) is 18.6 Å². The van der Waals surface area contributed by atoms with Gasteiger partial charge >= 0.3 is 0 Å². The number of rotatable bonds is 2. The maximum absolute atomic E-state index is 5.64. The first-order chi connectivity index (χ1) is 5.68. The molecule has 4 heteroatoms. The molecule has 1 saturated heterocycles. The fourth-order valence-corrected chi connectivity index (χ4v) is 1.15. The molecule has 1 fully saturated rings. The molecule has 0 radical (unpaired) electrons. The molecule has 0 aromatic heterocycles. The van der Waals surface area contributed by atoms with Gasteiger partial charge in [-0.2, -0.15) is 0 Å². The molecule has 1 atom stereocenters. The van der Waals surface area contributed by atoms with E-state index in [2.05, 4.69) is 10.3 Å². The molecule has 4 nitrogen and oxygen atoms in total. The lowest BCUT2D eigenvalue weighted by Crippen LogP contribution is -2.37. The second kappa shape index (κ2) is 4.30. The van der Waals surface area contributed by atoms with Gasteiger partial charge in [0.05, 0.1) is 12.6 Å². The van der Waals surface area contributed by atoms with E-state index in [1.54, 1.807) is 0 Å². The van der Waals surface area contributed by atoms with Crippen LogP contribution in [0, 0.1) is 0 Å². The van der Waals surface area contributed by atoms with Gasteiger partial charge in [-0.3, -0.25) is 0 Å². The Labute approximate surface area is 73.2 Å². The van der Waals surface area contributed by atoms with Crippen molar-refractivity contribution in [3.8, 4) is 0 Å². The summed E-state index contributed by atoms with van der Waals surface area (Å²) in [5, 5.41) is 3.04. The topological polar surface area (TPSA) is 59.6 Å². The Balaban J connectivity index is 2.33. The molecule has 0 spiro atoms. The van der Waals surface area contributed by atoms with E-state index >= 15 is 0 Å². The van der Waals surface area contributed by atoms with Crippen LogP contribution in [0.4, 0.5) is 0 Å². The first kappa shape index (κ1) is 9.32. The summed E-state index contributed by atoms with van der Waals surface area (Å²) < 4.78 is 5.17. The number of nitrogens with two attached hydrogens (primary N) is 1. The average molecular weight is 171 g/mol. The third-order valence-electron chi connectivity index (χ3n) is 1.66. The van der Waals surface area contributed by atoms with Crippen molar-refractivity contribution < 1.29 is 4.74 Å². The molecule has 0 saturated carbocycles. The molecule has 1 rings (SSSR count). The highest BCUT2D eigenvalue weighted by atomic mass is 16.5. The lowest BCUT2D eigenvalue weighted by Gasteiger charge is -2.10. The second-order valence-electron chi connectivity index (χ2n) is 3.33. The van der Waals surface area contributed by atoms with Crippen LogP contribution < -0.4 is 11.1 Å². The predicted molar refractivity (Wildman–Crippen MR) is 49.1 cm³/mol. The first-order valence-corrected chi connectivity index (χ1v) is 4.36. The van der Waals surface area contributed by atoms with Crippen molar-refractivity contribution in [3.63, 3.8) is 0 Å². The summed E-state index contributed by atoms with van der Waals surface area (Å²) in [6.45, 7) is 5.59. The van der Waals surface area contributed by atoms with Crippen LogP contribution in [0.15, 0.2) is 4.99 Å². The molecule has 0 aromatic rings. The van der Waals surface area contributed by atoms with Crippen molar-refractivity contribution in [1.82, 2.24) is 5.32 Å². The summed E-state index contributed by atoms with van der Waals surface area (Å²) in [7, 11) is 0. The molecule has 3 N–H and O–H groups in total. The molecule has 0 aliphatic carbocycles. The molecule has 1 heterocycles. The van der Waals surface area contributed by atoms with Crippen molar-refractivity contribution in [2.24, 2.45) is 10.7 Å². The van der Waals surface area contributed by atoms with Crippen LogP contribution in [0.2, 0.25) is 0 Å². The zero-order valence-corrected chi connectivity index (χ0v) is 7.71. The SMILES string of the molecule is CC(C)NC(N)=NC1CCOC1. The lowest BCUT2D eigenvalue weighted by molar-refractivity contribution is 0.194. The van der Waals surface area contributed by atoms with Gasteiger partial charge in [0.2, 0.25) is 0 Å². The van der Waals surface area contributed by atoms with Gasteiger partial charge in [-0.25, -0.2) is 4.99 Å². The number of ether oxygens (including phenoxy) is 1. The van der Waals surface area contributed by atoms with E-state index in [9.17, 15) is 0 Å². The van der Waals surface area contributed by atoms with E-state index in [4.69, 9.17) is 10.5 Å². The van der Waals surface area contributed by atoms with E-state index in [1.165, 1.54) is 0 Å². The zero-order chi connectivity index (χ0) is 8.97. The van der Waals surface area contributed by atoms with Gasteiger partial charge in [0.1, 0.15) is 0 Å². The highest BCUT2D eigenvalue weighted by Crippen LogP contribution is 2.06. The molecular formula is C8H17N3O. The van der Waals surface area contributed by atoms with Crippen molar-refractivity contribution in [3.05, 3.63) is 0 Å². The van der Waals surface area contributed by atoms with Crippen molar-refractivity contribution in [1.29, 1.82) is 0 Å². The Bertz CT molecular complexity index is 162. The molecule has 70 valence electrons. The number of nitrogens with zero attached hydrogens (tertiary/aromatic N) is 1. The van der Waals surface area contributed by atoms with Crippen LogP contribution >= 0.6 is 0 Å². The summed E-state index contributed by atoms with van der Waals surface area (Å²) in [5.41, 5.74) is 5.64. The standard InChI is InChI=1S/C8H17N3O/c1-6(2)10-8(9)11-7-3-4-12-5-7/h6-7H,3-5H2,1-2H3,(H3,9,10,11). The van der Waals surface area contributed by atoms with Crippen molar-refractivity contribution in [2.45, 2.75) is 32.4 Å². The lowest BCUT2D eigenvalue weighted by atomic mass is 10.3. The largest absolute Gasteiger partial charge is 0.379 e. The molecule has 0 aromatic carbocycles. The third-order valence-corrected chi connectivity index (χ3v) is 1.66. The second-order valence-corrected chi connectivity index (χ2v) is 3.33. The first-order valence-electron chi connectivity index (χ1n) is 4.36. The van der Waals surface area contributed by atoms with Crippen LogP contribution in [0.3, 0.4) is 0 Å². The Morgan fingerprint density at radius 2 is 2.42 bits per heavy atom. The molecular weight excluding hydrogens is 154 g/mol. The number of aliphatic imine (C=N–C) groups is 1. The number of hydrogen-bond acceptors (Lipinski definition) is 2. The summed E-state index contributed by atoms with van der Waals surface area (Å²) in [5.74, 6) is 0.528. The summed E-state index contributed by atoms with van der Waals surface area (Å²) in [4.78, 5) is 4.27. The van der Waals surface area contributed by atoms with Gasteiger partial charge in [-0.1, -0.05) is 0 Å². The maximum atomic E-state index is 5.64. The molecule has 12 heavy (non-hydrogen) atoms. The van der Waals surface area contributed by atoms with Gasteiger partial charge in [0.15, 0.2) is 5.96 Å². The Morgan fingerprint density at radius 3 is 2.92 bits per heavy atom. The Kier molecular flexibility index (Phi) is 3.34. The molecule has 1 aliphatic heterocycles. The summed E-state index contributed by atoms with van der Waals surface area (Å²) in [6.07, 6.45) is 0.987. The van der Waals surface area contributed by atoms with Gasteiger partial charge in [-0.05, 0) is 20.3 Å². The van der Waals surface area contributed by atoms with E-state index in [0.717, 1.165) is 13.0 Å². The average Bonchev–Trinajstić information content (AvgIpc) is 2.37. The summed E-state index contributed by atoms with van der Waals surface area (Å²) >= 11 is 0. The predicted octanol–water partition coefficient (Wildman–Crippen LogP) is 0.0880. The van der Waals surface area contributed by atoms with Crippen LogP contribution in [-0.4, -0.2) is 31.3 Å². The van der Waals surface area contributed by atoms with Crippen molar-refractivity contribution >= 4 is 5.96 Å². The van der Waals surface area contributed by atoms with Gasteiger partial charge in [0, 0.05) is 12.6 Å². The molecule has 0 amide bonds. The van der Waals surface area contributed by atoms with E-state index < -0.39 is 0 Å². The Hall–Kier alpha value is -0.770. The normalized spacial score (nSPS) is 24.9. The monoisotopic (exact) mass is 171 g/mol. The molecule has 1 unspecified atom stereocenters. The van der Waals surface area contributed by atoms with E-state index in [1.807, 2.05) is 13.8 Å². The van der Waals surface area contributed by atoms with Crippen LogP contribution in [-0.2, 0) is 4.74 Å². The third kappa shape index (κ3) is 3.09. The summed E-state index contributed by atoms with van der Waals surface area (Å²) in [6, 6.07) is 0.604. The van der Waals surface area contributed by atoms with Gasteiger partial charge < -0.3 is 15.8 Å².